The molecule has 210 valence electrons. The van der Waals surface area contributed by atoms with Crippen molar-refractivity contribution in [3.05, 3.63) is 157 Å². The molecule has 0 unspecified atom stereocenters. The maximum atomic E-state index is 10.1. The van der Waals surface area contributed by atoms with Crippen molar-refractivity contribution in [1.29, 1.82) is 0 Å². The van der Waals surface area contributed by atoms with Crippen LogP contribution in [0.25, 0.3) is 86.3 Å². The average molecular weight is 606 g/mol. The van der Waals surface area contributed by atoms with Crippen LogP contribution in [0.2, 0.25) is 0 Å². The zero-order valence-electron chi connectivity index (χ0n) is 38.2. The molecule has 0 aliphatic carbocycles. The van der Waals surface area contributed by atoms with Gasteiger partial charge in [0.05, 0.1) is 48.3 Å². The van der Waals surface area contributed by atoms with E-state index in [9.17, 15) is 5.48 Å². The summed E-state index contributed by atoms with van der Waals surface area (Å²) >= 11 is 1.50. The highest BCUT2D eigenvalue weighted by Crippen LogP contribution is 2.43. The molecule has 10 aromatic rings. The van der Waals surface area contributed by atoms with E-state index in [0.29, 0.717) is 11.1 Å². The largest absolute Gasteiger partial charge is 0.309 e. The van der Waals surface area contributed by atoms with Gasteiger partial charge in [0.25, 0.3) is 0 Å². The van der Waals surface area contributed by atoms with E-state index >= 15 is 0 Å². The Balaban J connectivity index is 1.46. The first-order valence-corrected chi connectivity index (χ1v) is 15.0. The fourth-order valence-corrected chi connectivity index (χ4v) is 7.41. The van der Waals surface area contributed by atoms with Crippen molar-refractivity contribution >= 4 is 75.1 Å². The normalized spacial score (nSPS) is 16.7. The molecule has 10 rings (SSSR count). The van der Waals surface area contributed by atoms with Gasteiger partial charge in [-0.3, -0.25) is 0 Å². The van der Waals surface area contributed by atoms with Gasteiger partial charge < -0.3 is 9.13 Å². The molecule has 45 heavy (non-hydrogen) atoms. The SMILES string of the molecule is [2H]c1c([2H])c([2H])c2c(c1[2H])c1c([2H])c([2H])c([2H])c([2H])c1n2-c1c([2H])c([2H])c2c3c([2H])c([2H])c([2H])c([2H])c3n(-c3cccc4sc5ccc(-c6ccccc6)cc5c34)c2c1[2H]. The van der Waals surface area contributed by atoms with Crippen LogP contribution in [-0.2, 0) is 0 Å². The summed E-state index contributed by atoms with van der Waals surface area (Å²) in [7, 11) is 0. The summed E-state index contributed by atoms with van der Waals surface area (Å²) in [4.78, 5) is 0. The van der Waals surface area contributed by atoms with Gasteiger partial charge in [-0.2, -0.15) is 0 Å². The van der Waals surface area contributed by atoms with Crippen LogP contribution in [0.1, 0.15) is 20.6 Å². The smallest absolute Gasteiger partial charge is 0.0667 e. The van der Waals surface area contributed by atoms with Crippen LogP contribution in [-0.4, -0.2) is 9.13 Å². The van der Waals surface area contributed by atoms with Crippen LogP contribution < -0.4 is 0 Å². The lowest BCUT2D eigenvalue weighted by atomic mass is 10.0. The maximum absolute atomic E-state index is 10.1. The molecule has 3 aromatic heterocycles. The summed E-state index contributed by atoms with van der Waals surface area (Å²) < 4.78 is 139. The number of hydrogen-bond donors (Lipinski definition) is 0. The highest BCUT2D eigenvalue weighted by Gasteiger charge is 2.19. The van der Waals surface area contributed by atoms with Gasteiger partial charge in [-0.05, 0) is 65.6 Å². The molecule has 0 spiro atoms. The predicted molar refractivity (Wildman–Crippen MR) is 193 cm³/mol. The van der Waals surface area contributed by atoms with Crippen molar-refractivity contribution in [3.63, 3.8) is 0 Å². The highest BCUT2D eigenvalue weighted by molar-refractivity contribution is 7.25. The molecule has 0 atom stereocenters. The van der Waals surface area contributed by atoms with Crippen LogP contribution in [0.3, 0.4) is 0 Å². The monoisotopic (exact) mass is 605 g/mol. The number of nitrogens with zero attached hydrogens (tertiary/aromatic N) is 2. The second-order valence-corrected chi connectivity index (χ2v) is 11.7. The topological polar surface area (TPSA) is 9.86 Å². The minimum atomic E-state index is -0.694. The molecule has 2 nitrogen and oxygen atoms in total. The average Bonchev–Trinajstić information content (AvgIpc) is 3.93. The van der Waals surface area contributed by atoms with Crippen LogP contribution in [0.4, 0.5) is 0 Å². The first kappa shape index (κ1) is 14.4. The number of fused-ring (bicyclic) bond motifs is 9. The lowest BCUT2D eigenvalue weighted by molar-refractivity contribution is 1.16. The summed E-state index contributed by atoms with van der Waals surface area (Å²) in [5.41, 5.74) is 0.974. The highest BCUT2D eigenvalue weighted by atomic mass is 32.1. The molecule has 0 aliphatic rings. The summed E-state index contributed by atoms with van der Waals surface area (Å²) in [5, 5.41) is 0.717. The Morgan fingerprint density at radius 1 is 0.467 bits per heavy atom. The van der Waals surface area contributed by atoms with Gasteiger partial charge in [0.2, 0.25) is 0 Å². The fraction of sp³-hybridized carbons (Fsp3) is 0. The number of para-hydroxylation sites is 3. The Morgan fingerprint density at radius 2 is 1.11 bits per heavy atom. The molecule has 3 heterocycles. The Bertz CT molecular complexity index is 3530. The Labute approximate surface area is 284 Å². The van der Waals surface area contributed by atoms with Gasteiger partial charge in [0.15, 0.2) is 0 Å². The molecule has 0 saturated carbocycles. The number of benzene rings is 7. The van der Waals surface area contributed by atoms with Gasteiger partial charge in [-0.15, -0.1) is 11.3 Å². The van der Waals surface area contributed by atoms with E-state index in [1.165, 1.54) is 15.9 Å². The van der Waals surface area contributed by atoms with E-state index in [1.807, 2.05) is 54.6 Å². The van der Waals surface area contributed by atoms with Crippen LogP contribution >= 0.6 is 11.3 Å². The van der Waals surface area contributed by atoms with Gasteiger partial charge in [0, 0.05) is 47.4 Å². The standard InChI is InChI=1S/C42H26N2S/c1-2-11-27(12-3-1)28-21-24-40-34(25-28)42-38(19-10-20-41(42)45-40)44-37-18-9-6-15-32(37)33-23-22-29(26-39(33)44)43-35-16-7-4-13-30(35)31-14-5-8-17-36(31)43/h1-26H/i4D,5D,6D,7D,8D,9D,13D,14D,15D,16D,17D,18D,22D,23D,26D. The van der Waals surface area contributed by atoms with Crippen molar-refractivity contribution < 1.29 is 20.6 Å². The predicted octanol–water partition coefficient (Wildman–Crippen LogP) is 11.9. The van der Waals surface area contributed by atoms with Crippen LogP contribution in [0.15, 0.2) is 157 Å². The lowest BCUT2D eigenvalue weighted by Gasteiger charge is -2.13. The van der Waals surface area contributed by atoms with E-state index in [0.717, 1.165) is 30.5 Å². The molecule has 7 aromatic carbocycles. The number of hydrogen-bond acceptors (Lipinski definition) is 1. The number of thiophene rings is 1. The van der Waals surface area contributed by atoms with Crippen LogP contribution in [0.5, 0.6) is 0 Å². The Kier molecular flexibility index (Phi) is 3.02. The quantitative estimate of drug-likeness (QED) is 0.190. The molecular formula is C42H26N2S. The van der Waals surface area contributed by atoms with E-state index in [2.05, 4.69) is 0 Å². The van der Waals surface area contributed by atoms with Crippen molar-refractivity contribution in [1.82, 2.24) is 9.13 Å². The molecule has 0 N–H and O–H groups in total. The number of aromatic nitrogens is 2. The fourth-order valence-electron chi connectivity index (χ4n) is 6.30. The van der Waals surface area contributed by atoms with Crippen molar-refractivity contribution in [2.45, 2.75) is 0 Å². The summed E-state index contributed by atoms with van der Waals surface area (Å²) in [6, 6.07) is 12.1. The molecule has 0 bridgehead atoms. The van der Waals surface area contributed by atoms with E-state index < -0.39 is 96.3 Å². The van der Waals surface area contributed by atoms with E-state index in [4.69, 9.17) is 15.1 Å². The molecule has 3 heteroatoms. The second kappa shape index (κ2) is 9.43. The summed E-state index contributed by atoms with van der Waals surface area (Å²) in [6.07, 6.45) is 0. The molecule has 0 fully saturated rings. The third-order valence-corrected chi connectivity index (χ3v) is 9.36. The summed E-state index contributed by atoms with van der Waals surface area (Å²) in [5.74, 6) is 0. The molecular weight excluding hydrogens is 565 g/mol. The van der Waals surface area contributed by atoms with Crippen molar-refractivity contribution in [3.8, 4) is 22.5 Å². The molecule has 0 aliphatic heterocycles. The zero-order chi connectivity index (χ0) is 42.5. The number of rotatable bonds is 3. The summed E-state index contributed by atoms with van der Waals surface area (Å²) in [6.45, 7) is 0. The van der Waals surface area contributed by atoms with Crippen molar-refractivity contribution in [2.24, 2.45) is 0 Å². The first-order valence-electron chi connectivity index (χ1n) is 21.6. The van der Waals surface area contributed by atoms with Gasteiger partial charge in [0.1, 0.15) is 0 Å². The first-order chi connectivity index (χ1) is 28.6. The van der Waals surface area contributed by atoms with Gasteiger partial charge >= 0.3 is 0 Å². The van der Waals surface area contributed by atoms with Gasteiger partial charge in [-0.1, -0.05) is 103 Å². The minimum absolute atomic E-state index is 0.0633. The molecule has 0 amide bonds. The second-order valence-electron chi connectivity index (χ2n) is 10.6. The zero-order valence-corrected chi connectivity index (χ0v) is 24.0. The van der Waals surface area contributed by atoms with E-state index in [-0.39, 0.29) is 43.6 Å². The minimum Gasteiger partial charge on any atom is -0.309 e. The Hall–Kier alpha value is -5.64. The molecule has 0 radical (unpaired) electrons. The lowest BCUT2D eigenvalue weighted by Crippen LogP contribution is -1.97. The van der Waals surface area contributed by atoms with E-state index in [1.54, 1.807) is 12.1 Å². The van der Waals surface area contributed by atoms with Gasteiger partial charge in [-0.25, -0.2) is 0 Å². The third kappa shape index (κ3) is 3.56. The third-order valence-electron chi connectivity index (χ3n) is 8.22. The van der Waals surface area contributed by atoms with Crippen LogP contribution in [0, 0.1) is 0 Å². The van der Waals surface area contributed by atoms with Crippen molar-refractivity contribution in [2.75, 3.05) is 0 Å². The Morgan fingerprint density at radius 3 is 1.82 bits per heavy atom. The molecule has 0 saturated heterocycles. The maximum Gasteiger partial charge on any atom is 0.0667 e.